The molecule has 2 aliphatic rings. The number of carbonyl (C=O) groups excluding carboxylic acids is 1. The minimum atomic E-state index is -4.56. The number of nitrogens with zero attached hydrogens (tertiary/aromatic N) is 2. The topological polar surface area (TPSA) is 225 Å². The van der Waals surface area contributed by atoms with Crippen LogP contribution in [0.2, 0.25) is 6.32 Å². The average molecular weight is 436 g/mol. The number of carbonyl (C=O) groups is 3. The summed E-state index contributed by atoms with van der Waals surface area (Å²) in [7, 11) is -6.15. The highest BCUT2D eigenvalue weighted by Crippen LogP contribution is 2.36. The maximum absolute atomic E-state index is 13.1. The van der Waals surface area contributed by atoms with Crippen LogP contribution in [0.1, 0.15) is 25.7 Å². The van der Waals surface area contributed by atoms with Crippen molar-refractivity contribution in [3.05, 3.63) is 0 Å². The van der Waals surface area contributed by atoms with Crippen LogP contribution in [-0.2, 0) is 24.6 Å². The predicted octanol–water partition coefficient (Wildman–Crippen LogP) is -3.40. The molecular formula is C14H25BN4O9S. The van der Waals surface area contributed by atoms with E-state index >= 15 is 0 Å². The van der Waals surface area contributed by atoms with Crippen LogP contribution in [0.15, 0.2) is 0 Å². The Morgan fingerprint density at radius 3 is 2.28 bits per heavy atom. The normalized spacial score (nSPS) is 26.1. The van der Waals surface area contributed by atoms with Gasteiger partial charge in [0.25, 0.3) is 5.91 Å². The number of hydrogen-bond acceptors (Lipinski definition) is 9. The second kappa shape index (κ2) is 8.53. The maximum atomic E-state index is 13.1. The van der Waals surface area contributed by atoms with Crippen molar-refractivity contribution in [2.45, 2.75) is 49.6 Å². The molecule has 13 nitrogen and oxygen atoms in total. The van der Waals surface area contributed by atoms with Gasteiger partial charge in [0.1, 0.15) is 5.54 Å². The Labute approximate surface area is 167 Å². The molecule has 1 saturated carbocycles. The number of amides is 1. The first-order valence-corrected chi connectivity index (χ1v) is 10.4. The predicted molar refractivity (Wildman–Crippen MR) is 98.2 cm³/mol. The fraction of sp³-hybridized carbons (Fsp3) is 0.786. The first-order valence-electron chi connectivity index (χ1n) is 9.02. The minimum absolute atomic E-state index is 0.0426. The van der Waals surface area contributed by atoms with Crippen LogP contribution < -0.4 is 11.5 Å². The summed E-state index contributed by atoms with van der Waals surface area (Å²) >= 11 is 0. The zero-order valence-electron chi connectivity index (χ0n) is 15.5. The van der Waals surface area contributed by atoms with Crippen molar-refractivity contribution in [3.8, 4) is 0 Å². The summed E-state index contributed by atoms with van der Waals surface area (Å²) in [6.07, 6.45) is 0.945. The maximum Gasteiger partial charge on any atom is 0.451 e. The molecule has 2 rings (SSSR count). The number of aliphatic carboxylic acids is 2. The van der Waals surface area contributed by atoms with Crippen LogP contribution in [0.3, 0.4) is 0 Å². The summed E-state index contributed by atoms with van der Waals surface area (Å²) in [5, 5.41) is 36.4. The Balaban J connectivity index is 2.27. The van der Waals surface area contributed by atoms with Gasteiger partial charge >= 0.3 is 29.3 Å². The molecule has 0 aromatic heterocycles. The Bertz CT molecular complexity index is 775. The molecule has 164 valence electrons. The molecule has 29 heavy (non-hydrogen) atoms. The molecule has 3 atom stereocenters. The molecule has 1 unspecified atom stereocenters. The molecule has 0 radical (unpaired) electrons. The zero-order valence-corrected chi connectivity index (χ0v) is 16.4. The lowest BCUT2D eigenvalue weighted by Gasteiger charge is -2.29. The minimum Gasteiger partial charge on any atom is -0.480 e. The molecule has 1 amide bonds. The van der Waals surface area contributed by atoms with Crippen molar-refractivity contribution in [1.29, 1.82) is 0 Å². The van der Waals surface area contributed by atoms with Crippen LogP contribution in [-0.4, -0.2) is 93.0 Å². The number of carboxylic acid groups (broad SMARTS) is 2. The van der Waals surface area contributed by atoms with E-state index in [9.17, 15) is 27.9 Å². The Morgan fingerprint density at radius 1 is 1.24 bits per heavy atom. The number of hydrogen-bond donors (Lipinski definition) is 6. The molecule has 0 bridgehead atoms. The van der Waals surface area contributed by atoms with Crippen molar-refractivity contribution in [2.75, 3.05) is 13.1 Å². The average Bonchev–Trinajstić information content (AvgIpc) is 3.36. The van der Waals surface area contributed by atoms with E-state index in [0.717, 1.165) is 4.31 Å². The van der Waals surface area contributed by atoms with Gasteiger partial charge in [-0.25, -0.2) is 9.10 Å². The Kier molecular flexibility index (Phi) is 6.91. The van der Waals surface area contributed by atoms with E-state index < -0.39 is 65.3 Å². The van der Waals surface area contributed by atoms with Crippen LogP contribution in [0.5, 0.6) is 0 Å². The molecule has 1 saturated heterocycles. The van der Waals surface area contributed by atoms with E-state index in [1.165, 1.54) is 0 Å². The van der Waals surface area contributed by atoms with Gasteiger partial charge in [-0.15, -0.1) is 0 Å². The van der Waals surface area contributed by atoms with Gasteiger partial charge in [-0.05, 0) is 25.6 Å². The second-order valence-electron chi connectivity index (χ2n) is 7.44. The van der Waals surface area contributed by atoms with Crippen molar-refractivity contribution in [3.63, 3.8) is 0 Å². The van der Waals surface area contributed by atoms with E-state index in [-0.39, 0.29) is 25.7 Å². The molecule has 15 heteroatoms. The van der Waals surface area contributed by atoms with Crippen LogP contribution in [0, 0.1) is 5.92 Å². The summed E-state index contributed by atoms with van der Waals surface area (Å²) in [5.41, 5.74) is 9.33. The number of nitrogens with two attached hydrogens (primary N) is 2. The molecule has 2 fully saturated rings. The highest BCUT2D eigenvalue weighted by Gasteiger charge is 2.55. The van der Waals surface area contributed by atoms with E-state index in [2.05, 4.69) is 0 Å². The SMILES string of the molecule is NC(C(=O)O)C(=O)N(C1CC1)S(=O)(=O)N1C[C@H](CCCB(O)O)[C@](N)(C(=O)O)C1. The van der Waals surface area contributed by atoms with Crippen molar-refractivity contribution < 1.29 is 43.1 Å². The van der Waals surface area contributed by atoms with Crippen LogP contribution in [0.4, 0.5) is 0 Å². The standard InChI is InChI=1S/C14H25BN4O9S/c16-10(12(21)22)11(20)19(9-3-4-9)29(27,28)18-6-8(2-1-5-15(25)26)14(17,7-18)13(23)24/h8-10,25-26H,1-7,16-17H2,(H,21,22)(H,23,24)/t8-,10?,14-/m0/s1. The summed E-state index contributed by atoms with van der Waals surface area (Å²) in [4.78, 5) is 35.2. The van der Waals surface area contributed by atoms with Gasteiger partial charge in [-0.2, -0.15) is 12.7 Å². The summed E-state index contributed by atoms with van der Waals surface area (Å²) in [6, 6.07) is -2.81. The molecule has 0 spiro atoms. The van der Waals surface area contributed by atoms with Gasteiger partial charge in [-0.1, -0.05) is 6.42 Å². The first-order chi connectivity index (χ1) is 13.3. The van der Waals surface area contributed by atoms with Gasteiger partial charge < -0.3 is 31.7 Å². The smallest absolute Gasteiger partial charge is 0.451 e. The summed E-state index contributed by atoms with van der Waals surface area (Å²) in [5.74, 6) is -5.27. The first kappa shape index (κ1) is 23.5. The van der Waals surface area contributed by atoms with Crippen molar-refractivity contribution in [2.24, 2.45) is 17.4 Å². The summed E-state index contributed by atoms with van der Waals surface area (Å²) in [6.45, 7) is -0.929. The van der Waals surface area contributed by atoms with Gasteiger partial charge in [0, 0.05) is 25.0 Å². The van der Waals surface area contributed by atoms with Crippen LogP contribution >= 0.6 is 0 Å². The number of rotatable bonds is 10. The lowest BCUT2D eigenvalue weighted by molar-refractivity contribution is -0.145. The Hall–Kier alpha value is -1.78. The lowest BCUT2D eigenvalue weighted by atomic mass is 9.78. The quantitative estimate of drug-likeness (QED) is 0.146. The monoisotopic (exact) mass is 436 g/mol. The molecule has 1 aliphatic heterocycles. The third-order valence-electron chi connectivity index (χ3n) is 5.21. The lowest BCUT2D eigenvalue weighted by Crippen LogP contribution is -2.57. The summed E-state index contributed by atoms with van der Waals surface area (Å²) < 4.78 is 27.3. The van der Waals surface area contributed by atoms with E-state index in [1.807, 2.05) is 0 Å². The van der Waals surface area contributed by atoms with Gasteiger partial charge in [-0.3, -0.25) is 9.59 Å². The van der Waals surface area contributed by atoms with E-state index in [4.69, 9.17) is 26.6 Å². The highest BCUT2D eigenvalue weighted by molar-refractivity contribution is 7.87. The van der Waals surface area contributed by atoms with Gasteiger partial charge in [0.05, 0.1) is 0 Å². The van der Waals surface area contributed by atoms with Gasteiger partial charge in [0.2, 0.25) is 0 Å². The van der Waals surface area contributed by atoms with Crippen molar-refractivity contribution in [1.82, 2.24) is 8.61 Å². The second-order valence-corrected chi connectivity index (χ2v) is 9.24. The fourth-order valence-corrected chi connectivity index (χ4v) is 5.29. The fourth-order valence-electron chi connectivity index (χ4n) is 3.37. The zero-order chi connectivity index (χ0) is 22.1. The van der Waals surface area contributed by atoms with E-state index in [0.29, 0.717) is 17.1 Å². The number of carboxylic acids is 2. The largest absolute Gasteiger partial charge is 0.480 e. The molecule has 1 aliphatic carbocycles. The van der Waals surface area contributed by atoms with Crippen molar-refractivity contribution >= 4 is 35.2 Å². The third kappa shape index (κ3) is 4.87. The third-order valence-corrected chi connectivity index (χ3v) is 7.11. The molecule has 0 aromatic carbocycles. The molecule has 1 heterocycles. The Morgan fingerprint density at radius 2 is 1.83 bits per heavy atom. The highest BCUT2D eigenvalue weighted by atomic mass is 32.2. The van der Waals surface area contributed by atoms with E-state index in [1.54, 1.807) is 0 Å². The molecule has 0 aromatic rings. The molecular weight excluding hydrogens is 411 g/mol. The van der Waals surface area contributed by atoms with Crippen LogP contribution in [0.25, 0.3) is 0 Å². The van der Waals surface area contributed by atoms with Gasteiger partial charge in [0.15, 0.2) is 6.04 Å². The molecule has 8 N–H and O–H groups in total.